The minimum atomic E-state index is -4.74. The third-order valence-corrected chi connectivity index (χ3v) is 7.77. The van der Waals surface area contributed by atoms with Gasteiger partial charge in [0.15, 0.2) is 6.10 Å². The summed E-state index contributed by atoms with van der Waals surface area (Å²) < 4.78 is 26.2. The fourth-order valence-corrected chi connectivity index (χ4v) is 5.08. The van der Waals surface area contributed by atoms with Crippen LogP contribution in [0.25, 0.3) is 0 Å². The molecule has 0 spiro atoms. The smallest absolute Gasteiger partial charge is 0.462 e. The van der Waals surface area contributed by atoms with E-state index in [1.165, 1.54) is 83.5 Å². The molecule has 0 aliphatic heterocycles. The lowest BCUT2D eigenvalue weighted by Gasteiger charge is -2.18. The van der Waals surface area contributed by atoms with Gasteiger partial charge in [0, 0.05) is 12.8 Å². The van der Waals surface area contributed by atoms with Gasteiger partial charge in [0.25, 0.3) is 0 Å². The van der Waals surface area contributed by atoms with Gasteiger partial charge in [-0.1, -0.05) is 129 Å². The van der Waals surface area contributed by atoms with E-state index in [1.807, 2.05) is 0 Å². The summed E-state index contributed by atoms with van der Waals surface area (Å²) in [5, 5.41) is 0. The Kier molecular flexibility index (Phi) is 29.0. The van der Waals surface area contributed by atoms with E-state index in [2.05, 4.69) is 30.5 Å². The Balaban J connectivity index is 4.01. The summed E-state index contributed by atoms with van der Waals surface area (Å²) in [6.45, 7) is 3.63. The minimum Gasteiger partial charge on any atom is -0.462 e. The summed E-state index contributed by atoms with van der Waals surface area (Å²) >= 11 is 0. The predicted octanol–water partition coefficient (Wildman–Crippen LogP) is 9.51. The van der Waals surface area contributed by atoms with E-state index in [0.29, 0.717) is 6.42 Å². The number of esters is 2. The first-order valence-corrected chi connectivity index (χ1v) is 18.5. The van der Waals surface area contributed by atoms with Crippen LogP contribution in [0.15, 0.2) is 12.2 Å². The number of carbonyl (C=O) groups excluding carboxylic acids is 2. The lowest BCUT2D eigenvalue weighted by molar-refractivity contribution is -0.161. The van der Waals surface area contributed by atoms with Crippen LogP contribution >= 0.6 is 7.82 Å². The molecular weight excluding hydrogens is 555 g/mol. The van der Waals surface area contributed by atoms with E-state index in [-0.39, 0.29) is 19.4 Å². The van der Waals surface area contributed by atoms with Gasteiger partial charge in [-0.2, -0.15) is 0 Å². The molecule has 248 valence electrons. The molecule has 8 nitrogen and oxygen atoms in total. The number of phosphoric ester groups is 1. The van der Waals surface area contributed by atoms with Gasteiger partial charge in [-0.25, -0.2) is 4.57 Å². The molecule has 0 amide bonds. The average Bonchev–Trinajstić information content (AvgIpc) is 2.95. The Hall–Kier alpha value is -1.21. The van der Waals surface area contributed by atoms with E-state index < -0.39 is 32.5 Å². The van der Waals surface area contributed by atoms with Crippen molar-refractivity contribution in [2.24, 2.45) is 0 Å². The number of allylic oxidation sites excluding steroid dienone is 2. The van der Waals surface area contributed by atoms with Crippen molar-refractivity contribution in [3.8, 4) is 0 Å². The second-order valence-electron chi connectivity index (χ2n) is 11.5. The standard InChI is InChI=1S/C33H63O8P/c1-3-5-7-9-11-13-15-16-17-18-20-22-24-26-28-33(35)41-31(30-40-42(36,37)38)29-39-32(34)27-25-23-21-19-14-12-10-8-6-4-2/h15-16,31H,3-14,17-30H2,1-2H3,(H2,36,37,38)/b16-15-/t31-/m1/s1. The highest BCUT2D eigenvalue weighted by Crippen LogP contribution is 2.35. The molecule has 0 bridgehead atoms. The molecule has 0 unspecified atom stereocenters. The molecule has 0 aromatic rings. The third-order valence-electron chi connectivity index (χ3n) is 7.28. The lowest BCUT2D eigenvalue weighted by Crippen LogP contribution is -2.29. The lowest BCUT2D eigenvalue weighted by atomic mass is 10.1. The van der Waals surface area contributed by atoms with Crippen molar-refractivity contribution < 1.29 is 37.9 Å². The van der Waals surface area contributed by atoms with Crippen LogP contribution in [0.4, 0.5) is 0 Å². The molecule has 9 heteroatoms. The van der Waals surface area contributed by atoms with Gasteiger partial charge in [-0.15, -0.1) is 0 Å². The Morgan fingerprint density at radius 1 is 0.595 bits per heavy atom. The molecule has 1 atom stereocenters. The number of unbranched alkanes of at least 4 members (excludes halogenated alkanes) is 19. The SMILES string of the molecule is CCCCCCC/C=C\CCCCCCCC(=O)O[C@H](COC(=O)CCCCCCCCCCCC)COP(=O)(O)O. The van der Waals surface area contributed by atoms with Crippen molar-refractivity contribution in [1.29, 1.82) is 0 Å². The van der Waals surface area contributed by atoms with Gasteiger partial charge >= 0.3 is 19.8 Å². The maximum atomic E-state index is 12.3. The summed E-state index contributed by atoms with van der Waals surface area (Å²) in [4.78, 5) is 42.5. The van der Waals surface area contributed by atoms with Crippen LogP contribution in [0.1, 0.15) is 168 Å². The van der Waals surface area contributed by atoms with E-state index in [1.54, 1.807) is 0 Å². The van der Waals surface area contributed by atoms with Crippen molar-refractivity contribution in [3.63, 3.8) is 0 Å². The van der Waals surface area contributed by atoms with Crippen LogP contribution in [0.5, 0.6) is 0 Å². The van der Waals surface area contributed by atoms with E-state index in [9.17, 15) is 14.2 Å². The normalized spacial score (nSPS) is 12.6. The zero-order valence-corrected chi connectivity index (χ0v) is 27.8. The maximum Gasteiger partial charge on any atom is 0.469 e. The number of hydrogen-bond acceptors (Lipinski definition) is 6. The molecule has 0 fully saturated rings. The molecule has 0 heterocycles. The first-order chi connectivity index (χ1) is 20.3. The van der Waals surface area contributed by atoms with Gasteiger partial charge in [0.2, 0.25) is 0 Å². The summed E-state index contributed by atoms with van der Waals surface area (Å²) in [5.74, 6) is -0.893. The molecule has 0 saturated carbocycles. The van der Waals surface area contributed by atoms with Gasteiger partial charge in [-0.05, 0) is 38.5 Å². The van der Waals surface area contributed by atoms with E-state index in [0.717, 1.165) is 51.4 Å². The molecular formula is C33H63O8P. The van der Waals surface area contributed by atoms with Crippen LogP contribution < -0.4 is 0 Å². The van der Waals surface area contributed by atoms with Gasteiger partial charge in [0.1, 0.15) is 6.61 Å². The van der Waals surface area contributed by atoms with E-state index >= 15 is 0 Å². The fourth-order valence-electron chi connectivity index (χ4n) is 4.72. The zero-order chi connectivity index (χ0) is 31.2. The second kappa shape index (κ2) is 29.8. The Bertz CT molecular complexity index is 706. The number of hydrogen-bond donors (Lipinski definition) is 2. The van der Waals surface area contributed by atoms with Crippen molar-refractivity contribution in [1.82, 2.24) is 0 Å². The predicted molar refractivity (Wildman–Crippen MR) is 170 cm³/mol. The number of phosphoric acid groups is 1. The van der Waals surface area contributed by atoms with Crippen LogP contribution in [0, 0.1) is 0 Å². The highest BCUT2D eigenvalue weighted by atomic mass is 31.2. The van der Waals surface area contributed by atoms with E-state index in [4.69, 9.17) is 19.3 Å². The highest BCUT2D eigenvalue weighted by molar-refractivity contribution is 7.46. The molecule has 42 heavy (non-hydrogen) atoms. The molecule has 0 radical (unpaired) electrons. The molecule has 0 aromatic heterocycles. The number of rotatable bonds is 31. The summed E-state index contributed by atoms with van der Waals surface area (Å²) in [6.07, 6.45) is 29.3. The first kappa shape index (κ1) is 40.8. The Morgan fingerprint density at radius 2 is 1.00 bits per heavy atom. The van der Waals surface area contributed by atoms with Crippen molar-refractivity contribution in [2.75, 3.05) is 13.2 Å². The number of ether oxygens (including phenoxy) is 2. The average molecular weight is 619 g/mol. The van der Waals surface area contributed by atoms with Gasteiger partial charge in [-0.3, -0.25) is 14.1 Å². The molecule has 0 aliphatic carbocycles. The van der Waals surface area contributed by atoms with Crippen LogP contribution in [-0.2, 0) is 28.2 Å². The van der Waals surface area contributed by atoms with Gasteiger partial charge < -0.3 is 19.3 Å². The quantitative estimate of drug-likeness (QED) is 0.0341. The van der Waals surface area contributed by atoms with Crippen molar-refractivity contribution >= 4 is 19.8 Å². The van der Waals surface area contributed by atoms with Crippen LogP contribution in [0.3, 0.4) is 0 Å². The first-order valence-electron chi connectivity index (χ1n) is 17.0. The van der Waals surface area contributed by atoms with Crippen LogP contribution in [-0.4, -0.2) is 41.0 Å². The third kappa shape index (κ3) is 31.7. The molecule has 0 aromatic carbocycles. The Morgan fingerprint density at radius 3 is 1.45 bits per heavy atom. The molecule has 0 rings (SSSR count). The highest BCUT2D eigenvalue weighted by Gasteiger charge is 2.22. The topological polar surface area (TPSA) is 119 Å². The van der Waals surface area contributed by atoms with Crippen LogP contribution in [0.2, 0.25) is 0 Å². The maximum absolute atomic E-state index is 12.3. The van der Waals surface area contributed by atoms with Crippen molar-refractivity contribution in [3.05, 3.63) is 12.2 Å². The van der Waals surface area contributed by atoms with Gasteiger partial charge in [0.05, 0.1) is 6.61 Å². The minimum absolute atomic E-state index is 0.205. The zero-order valence-electron chi connectivity index (χ0n) is 26.9. The summed E-state index contributed by atoms with van der Waals surface area (Å²) in [6, 6.07) is 0. The fraction of sp³-hybridized carbons (Fsp3) is 0.879. The largest absolute Gasteiger partial charge is 0.469 e. The summed E-state index contributed by atoms with van der Waals surface area (Å²) in [7, 11) is -4.74. The molecule has 0 aliphatic rings. The summed E-state index contributed by atoms with van der Waals surface area (Å²) in [5.41, 5.74) is 0. The monoisotopic (exact) mass is 618 g/mol. The number of carbonyl (C=O) groups is 2. The van der Waals surface area contributed by atoms with Crippen molar-refractivity contribution in [2.45, 2.75) is 174 Å². The molecule has 2 N–H and O–H groups in total. The second-order valence-corrected chi connectivity index (χ2v) is 12.7. The molecule has 0 saturated heterocycles. The Labute approximate surface area is 257 Å².